The first-order valence-electron chi connectivity index (χ1n) is 6.33. The monoisotopic (exact) mass is 292 g/mol. The van der Waals surface area contributed by atoms with Crippen molar-refractivity contribution in [3.63, 3.8) is 0 Å². The predicted octanol–water partition coefficient (Wildman–Crippen LogP) is 3.86. The van der Waals surface area contributed by atoms with Crippen LogP contribution in [0.4, 0.5) is 13.2 Å². The lowest BCUT2D eigenvalue weighted by Crippen LogP contribution is -2.22. The number of hydrogen-bond acceptors (Lipinski definition) is 3. The zero-order chi connectivity index (χ0) is 15.5. The minimum atomic E-state index is -4.76. The number of aliphatic hydroxyl groups excluding tert-OH is 1. The van der Waals surface area contributed by atoms with Crippen LogP contribution in [0.25, 0.3) is 0 Å². The lowest BCUT2D eigenvalue weighted by molar-refractivity contribution is -0.207. The molecule has 6 heteroatoms. The van der Waals surface area contributed by atoms with Gasteiger partial charge in [0.2, 0.25) is 0 Å². The average Bonchev–Trinajstić information content (AvgIpc) is 2.27. The number of rotatable bonds is 5. The van der Waals surface area contributed by atoms with E-state index in [0.717, 1.165) is 6.07 Å². The SMILES string of the molecule is CC(C)Oc1ccc(OC(C)C)c(C(O)C(F)(F)F)c1. The van der Waals surface area contributed by atoms with Crippen LogP contribution < -0.4 is 9.47 Å². The van der Waals surface area contributed by atoms with Gasteiger partial charge >= 0.3 is 6.18 Å². The summed E-state index contributed by atoms with van der Waals surface area (Å²) in [5.74, 6) is 0.260. The highest BCUT2D eigenvalue weighted by molar-refractivity contribution is 5.42. The van der Waals surface area contributed by atoms with Crippen molar-refractivity contribution in [2.45, 2.75) is 52.2 Å². The quantitative estimate of drug-likeness (QED) is 0.895. The molecule has 1 rings (SSSR count). The van der Waals surface area contributed by atoms with Crippen molar-refractivity contribution in [2.24, 2.45) is 0 Å². The topological polar surface area (TPSA) is 38.7 Å². The van der Waals surface area contributed by atoms with E-state index in [-0.39, 0.29) is 29.3 Å². The summed E-state index contributed by atoms with van der Waals surface area (Å²) in [4.78, 5) is 0. The number of benzene rings is 1. The van der Waals surface area contributed by atoms with E-state index in [1.165, 1.54) is 12.1 Å². The van der Waals surface area contributed by atoms with Gasteiger partial charge in [0, 0.05) is 5.56 Å². The van der Waals surface area contributed by atoms with Crippen LogP contribution in [0.1, 0.15) is 39.4 Å². The molecule has 1 N–H and O–H groups in total. The van der Waals surface area contributed by atoms with E-state index < -0.39 is 12.3 Å². The molecular formula is C14H19F3O3. The minimum Gasteiger partial charge on any atom is -0.491 e. The summed E-state index contributed by atoms with van der Waals surface area (Å²) in [5, 5.41) is 9.45. The molecule has 0 radical (unpaired) electrons. The minimum absolute atomic E-state index is 0.000862. The standard InChI is InChI=1S/C14H19F3O3/c1-8(2)19-10-5-6-12(20-9(3)4)11(7-10)13(18)14(15,16)17/h5-9,13,18H,1-4H3. The maximum Gasteiger partial charge on any atom is 0.418 e. The van der Waals surface area contributed by atoms with Gasteiger partial charge in [0.05, 0.1) is 12.2 Å². The van der Waals surface area contributed by atoms with Gasteiger partial charge in [-0.3, -0.25) is 0 Å². The summed E-state index contributed by atoms with van der Waals surface area (Å²) >= 11 is 0. The molecule has 0 aliphatic rings. The van der Waals surface area contributed by atoms with Gasteiger partial charge in [-0.1, -0.05) is 0 Å². The first kappa shape index (κ1) is 16.6. The molecule has 0 aromatic heterocycles. The van der Waals surface area contributed by atoms with Gasteiger partial charge in [0.25, 0.3) is 0 Å². The van der Waals surface area contributed by atoms with E-state index in [9.17, 15) is 18.3 Å². The molecule has 1 aromatic carbocycles. The highest BCUT2D eigenvalue weighted by Crippen LogP contribution is 2.39. The molecule has 0 bridgehead atoms. The van der Waals surface area contributed by atoms with Crippen molar-refractivity contribution in [3.8, 4) is 11.5 Å². The van der Waals surface area contributed by atoms with Crippen molar-refractivity contribution >= 4 is 0 Å². The van der Waals surface area contributed by atoms with Crippen LogP contribution in [0.15, 0.2) is 18.2 Å². The lowest BCUT2D eigenvalue weighted by atomic mass is 10.1. The second-order valence-electron chi connectivity index (χ2n) is 4.98. The smallest absolute Gasteiger partial charge is 0.418 e. The summed E-state index contributed by atoms with van der Waals surface area (Å²) in [6, 6.07) is 4.06. The Hall–Kier alpha value is -1.43. The van der Waals surface area contributed by atoms with Crippen LogP contribution in [-0.4, -0.2) is 23.5 Å². The first-order chi connectivity index (χ1) is 9.11. The van der Waals surface area contributed by atoms with E-state index in [0.29, 0.717) is 0 Å². The molecule has 0 fully saturated rings. The van der Waals surface area contributed by atoms with Crippen molar-refractivity contribution in [1.29, 1.82) is 0 Å². The summed E-state index contributed by atoms with van der Waals surface area (Å²) in [5.41, 5.74) is -0.343. The third-order valence-corrected chi connectivity index (χ3v) is 2.32. The van der Waals surface area contributed by atoms with Gasteiger partial charge in [0.1, 0.15) is 11.5 Å². The van der Waals surface area contributed by atoms with E-state index in [2.05, 4.69) is 0 Å². The Kier molecular flexibility index (Phi) is 5.28. The van der Waals surface area contributed by atoms with Crippen molar-refractivity contribution in [2.75, 3.05) is 0 Å². The fourth-order valence-corrected chi connectivity index (χ4v) is 1.62. The predicted molar refractivity (Wildman–Crippen MR) is 69.0 cm³/mol. The maximum atomic E-state index is 12.7. The number of alkyl halides is 3. The van der Waals surface area contributed by atoms with Crippen LogP contribution in [0.5, 0.6) is 11.5 Å². The van der Waals surface area contributed by atoms with Crippen molar-refractivity contribution < 1.29 is 27.8 Å². The fourth-order valence-electron chi connectivity index (χ4n) is 1.62. The molecule has 0 heterocycles. The van der Waals surface area contributed by atoms with Crippen molar-refractivity contribution in [3.05, 3.63) is 23.8 Å². The Bertz CT molecular complexity index is 442. The average molecular weight is 292 g/mol. The molecule has 0 aliphatic carbocycles. The molecule has 0 aliphatic heterocycles. The van der Waals surface area contributed by atoms with Crippen molar-refractivity contribution in [1.82, 2.24) is 0 Å². The molecular weight excluding hydrogens is 273 g/mol. The molecule has 0 amide bonds. The molecule has 0 saturated heterocycles. The number of ether oxygens (including phenoxy) is 2. The number of halogens is 3. The van der Waals surface area contributed by atoms with Crippen LogP contribution in [-0.2, 0) is 0 Å². The van der Waals surface area contributed by atoms with Crippen LogP contribution in [0.2, 0.25) is 0 Å². The largest absolute Gasteiger partial charge is 0.491 e. The summed E-state index contributed by atoms with van der Waals surface area (Å²) in [6.07, 6.45) is -7.84. The zero-order valence-electron chi connectivity index (χ0n) is 11.9. The molecule has 0 spiro atoms. The highest BCUT2D eigenvalue weighted by Gasteiger charge is 2.41. The second-order valence-corrected chi connectivity index (χ2v) is 4.98. The summed E-state index contributed by atoms with van der Waals surface area (Å²) in [7, 11) is 0. The third kappa shape index (κ3) is 4.59. The van der Waals surface area contributed by atoms with Crippen LogP contribution >= 0.6 is 0 Å². The maximum absolute atomic E-state index is 12.7. The van der Waals surface area contributed by atoms with Crippen LogP contribution in [0, 0.1) is 0 Å². The Balaban J connectivity index is 3.18. The van der Waals surface area contributed by atoms with Gasteiger partial charge in [-0.05, 0) is 45.9 Å². The van der Waals surface area contributed by atoms with Gasteiger partial charge in [-0.25, -0.2) is 0 Å². The Morgan fingerprint density at radius 3 is 2.00 bits per heavy atom. The molecule has 1 aromatic rings. The second kappa shape index (κ2) is 6.35. The molecule has 1 unspecified atom stereocenters. The van der Waals surface area contributed by atoms with E-state index in [1.54, 1.807) is 27.7 Å². The number of aliphatic hydroxyl groups is 1. The van der Waals surface area contributed by atoms with Gasteiger partial charge in [0.15, 0.2) is 6.10 Å². The summed E-state index contributed by atoms with van der Waals surface area (Å²) in [6.45, 7) is 6.92. The summed E-state index contributed by atoms with van der Waals surface area (Å²) < 4.78 is 48.8. The Labute approximate surface area is 116 Å². The van der Waals surface area contributed by atoms with Crippen LogP contribution in [0.3, 0.4) is 0 Å². The van der Waals surface area contributed by atoms with E-state index >= 15 is 0 Å². The van der Waals surface area contributed by atoms with Gasteiger partial charge < -0.3 is 14.6 Å². The molecule has 114 valence electrons. The molecule has 20 heavy (non-hydrogen) atoms. The normalized spacial score (nSPS) is 13.7. The Morgan fingerprint density at radius 2 is 1.55 bits per heavy atom. The first-order valence-corrected chi connectivity index (χ1v) is 6.33. The van der Waals surface area contributed by atoms with E-state index in [1.807, 2.05) is 0 Å². The zero-order valence-corrected chi connectivity index (χ0v) is 11.9. The molecule has 0 saturated carbocycles. The third-order valence-electron chi connectivity index (χ3n) is 2.32. The van der Waals surface area contributed by atoms with E-state index in [4.69, 9.17) is 9.47 Å². The fraction of sp³-hybridized carbons (Fsp3) is 0.571. The number of hydrogen-bond donors (Lipinski definition) is 1. The van der Waals surface area contributed by atoms with Gasteiger partial charge in [-0.2, -0.15) is 13.2 Å². The molecule has 1 atom stereocenters. The van der Waals surface area contributed by atoms with Gasteiger partial charge in [-0.15, -0.1) is 0 Å². The molecule has 3 nitrogen and oxygen atoms in total. The highest BCUT2D eigenvalue weighted by atomic mass is 19.4. The Morgan fingerprint density at radius 1 is 1.00 bits per heavy atom. The lowest BCUT2D eigenvalue weighted by Gasteiger charge is -2.21.